The number of amides is 1. The van der Waals surface area contributed by atoms with Crippen LogP contribution in [-0.4, -0.2) is 43.0 Å². The molecule has 2 heterocycles. The second kappa shape index (κ2) is 4.74. The maximum Gasteiger partial charge on any atom is 0.228 e. The number of aromatic nitrogens is 1. The molecule has 0 bridgehead atoms. The van der Waals surface area contributed by atoms with Gasteiger partial charge < -0.3 is 9.80 Å². The summed E-state index contributed by atoms with van der Waals surface area (Å²) in [5, 5.41) is 1.04. The van der Waals surface area contributed by atoms with E-state index in [1.165, 1.54) is 15.8 Å². The molecule has 1 amide bonds. The SMILES string of the molecule is Cc1cc(C)c2nc(N3CC(C(=O)N(C)C)C3)sc2c1. The van der Waals surface area contributed by atoms with E-state index in [2.05, 4.69) is 30.9 Å². The fourth-order valence-corrected chi connectivity index (χ4v) is 3.81. The molecule has 3 rings (SSSR count). The molecule has 1 aromatic carbocycles. The van der Waals surface area contributed by atoms with E-state index in [4.69, 9.17) is 4.98 Å². The Morgan fingerprint density at radius 2 is 2.05 bits per heavy atom. The molecule has 1 fully saturated rings. The minimum atomic E-state index is 0.125. The zero-order valence-corrected chi connectivity index (χ0v) is 13.1. The predicted octanol–water partition coefficient (Wildman–Crippen LogP) is 2.44. The van der Waals surface area contributed by atoms with Crippen LogP contribution >= 0.6 is 11.3 Å². The third-order valence-electron chi connectivity index (χ3n) is 3.76. The molecule has 1 aromatic heterocycles. The van der Waals surface area contributed by atoms with Gasteiger partial charge in [0.1, 0.15) is 0 Å². The average molecular weight is 289 g/mol. The van der Waals surface area contributed by atoms with Gasteiger partial charge in [0.05, 0.1) is 16.1 Å². The van der Waals surface area contributed by atoms with Crippen LogP contribution in [0.2, 0.25) is 0 Å². The number of carbonyl (C=O) groups excluding carboxylic acids is 1. The molecule has 0 N–H and O–H groups in total. The van der Waals surface area contributed by atoms with Crippen molar-refractivity contribution in [3.63, 3.8) is 0 Å². The lowest BCUT2D eigenvalue weighted by Crippen LogP contribution is -2.53. The molecule has 1 aliphatic rings. The highest BCUT2D eigenvalue weighted by Crippen LogP contribution is 2.35. The van der Waals surface area contributed by atoms with Crippen molar-refractivity contribution in [1.82, 2.24) is 9.88 Å². The van der Waals surface area contributed by atoms with Crippen molar-refractivity contribution in [1.29, 1.82) is 0 Å². The van der Waals surface area contributed by atoms with Crippen molar-refractivity contribution in [2.24, 2.45) is 5.92 Å². The molecule has 106 valence electrons. The number of carbonyl (C=O) groups is 1. The van der Waals surface area contributed by atoms with Crippen molar-refractivity contribution < 1.29 is 4.79 Å². The zero-order valence-electron chi connectivity index (χ0n) is 12.3. The highest BCUT2D eigenvalue weighted by atomic mass is 32.1. The van der Waals surface area contributed by atoms with Crippen LogP contribution in [0.1, 0.15) is 11.1 Å². The van der Waals surface area contributed by atoms with E-state index in [1.807, 2.05) is 14.1 Å². The minimum absolute atomic E-state index is 0.125. The Hall–Kier alpha value is -1.62. The monoisotopic (exact) mass is 289 g/mol. The molecule has 1 saturated heterocycles. The van der Waals surface area contributed by atoms with Gasteiger partial charge in [0.25, 0.3) is 0 Å². The van der Waals surface area contributed by atoms with Gasteiger partial charge in [-0.2, -0.15) is 0 Å². The van der Waals surface area contributed by atoms with Crippen LogP contribution in [0.3, 0.4) is 0 Å². The number of aryl methyl sites for hydroxylation is 2. The first kappa shape index (κ1) is 13.4. The van der Waals surface area contributed by atoms with E-state index >= 15 is 0 Å². The highest BCUT2D eigenvalue weighted by molar-refractivity contribution is 7.22. The lowest BCUT2D eigenvalue weighted by Gasteiger charge is -2.39. The fourth-order valence-electron chi connectivity index (χ4n) is 2.65. The lowest BCUT2D eigenvalue weighted by atomic mass is 10.00. The molecule has 20 heavy (non-hydrogen) atoms. The number of thiazole rings is 1. The van der Waals surface area contributed by atoms with Gasteiger partial charge in [-0.15, -0.1) is 0 Å². The first-order chi connectivity index (χ1) is 9.45. The van der Waals surface area contributed by atoms with Gasteiger partial charge in [0.15, 0.2) is 5.13 Å². The first-order valence-corrected chi connectivity index (χ1v) is 7.61. The maximum atomic E-state index is 11.9. The molecule has 5 heteroatoms. The van der Waals surface area contributed by atoms with Gasteiger partial charge >= 0.3 is 0 Å². The number of benzene rings is 1. The standard InChI is InChI=1S/C15H19N3OS/c1-9-5-10(2)13-12(6-9)20-15(16-13)18-7-11(8-18)14(19)17(3)4/h5-6,11H,7-8H2,1-4H3. The van der Waals surface area contributed by atoms with E-state index in [9.17, 15) is 4.79 Å². The lowest BCUT2D eigenvalue weighted by molar-refractivity contribution is -0.133. The number of nitrogens with zero attached hydrogens (tertiary/aromatic N) is 3. The van der Waals surface area contributed by atoms with Crippen LogP contribution in [0, 0.1) is 19.8 Å². The highest BCUT2D eigenvalue weighted by Gasteiger charge is 2.35. The number of hydrogen-bond donors (Lipinski definition) is 0. The molecule has 1 aliphatic heterocycles. The normalized spacial score (nSPS) is 15.5. The van der Waals surface area contributed by atoms with Crippen molar-refractivity contribution in [3.05, 3.63) is 23.3 Å². The third kappa shape index (κ3) is 2.16. The van der Waals surface area contributed by atoms with E-state index in [-0.39, 0.29) is 11.8 Å². The van der Waals surface area contributed by atoms with Crippen molar-refractivity contribution in [3.8, 4) is 0 Å². The summed E-state index contributed by atoms with van der Waals surface area (Å²) >= 11 is 1.72. The van der Waals surface area contributed by atoms with Crippen molar-refractivity contribution in [2.45, 2.75) is 13.8 Å². The van der Waals surface area contributed by atoms with Gasteiger partial charge in [-0.05, 0) is 31.0 Å². The summed E-state index contributed by atoms with van der Waals surface area (Å²) in [7, 11) is 3.63. The smallest absolute Gasteiger partial charge is 0.228 e. The average Bonchev–Trinajstić information content (AvgIpc) is 2.70. The summed E-state index contributed by atoms with van der Waals surface area (Å²) in [6.45, 7) is 5.79. The van der Waals surface area contributed by atoms with Gasteiger partial charge in [0.2, 0.25) is 5.91 Å². The summed E-state index contributed by atoms with van der Waals surface area (Å²) in [6.07, 6.45) is 0. The van der Waals surface area contributed by atoms with Crippen molar-refractivity contribution in [2.75, 3.05) is 32.1 Å². The molecule has 0 aliphatic carbocycles. The van der Waals surface area contributed by atoms with E-state index in [0.717, 1.165) is 23.7 Å². The Labute approximate surface area is 123 Å². The van der Waals surface area contributed by atoms with Crippen LogP contribution in [0.25, 0.3) is 10.2 Å². The van der Waals surface area contributed by atoms with E-state index in [0.29, 0.717) is 0 Å². The quantitative estimate of drug-likeness (QED) is 0.852. The van der Waals surface area contributed by atoms with Gasteiger partial charge in [-0.1, -0.05) is 17.4 Å². The van der Waals surface area contributed by atoms with Crippen LogP contribution in [0.5, 0.6) is 0 Å². The maximum absolute atomic E-state index is 11.9. The number of rotatable bonds is 2. The fraction of sp³-hybridized carbons (Fsp3) is 0.467. The number of fused-ring (bicyclic) bond motifs is 1. The van der Waals surface area contributed by atoms with Crippen LogP contribution in [-0.2, 0) is 4.79 Å². The van der Waals surface area contributed by atoms with Gasteiger partial charge in [0, 0.05) is 27.2 Å². The molecular formula is C15H19N3OS. The Morgan fingerprint density at radius 1 is 1.35 bits per heavy atom. The molecule has 0 atom stereocenters. The van der Waals surface area contributed by atoms with E-state index in [1.54, 1.807) is 16.2 Å². The van der Waals surface area contributed by atoms with Gasteiger partial charge in [-0.25, -0.2) is 4.98 Å². The Bertz CT molecular complexity index is 671. The molecule has 4 nitrogen and oxygen atoms in total. The molecular weight excluding hydrogens is 270 g/mol. The summed E-state index contributed by atoms with van der Waals surface area (Å²) in [4.78, 5) is 20.5. The summed E-state index contributed by atoms with van der Waals surface area (Å²) < 4.78 is 1.24. The Balaban J connectivity index is 1.80. The molecule has 0 spiro atoms. The van der Waals surface area contributed by atoms with E-state index < -0.39 is 0 Å². The largest absolute Gasteiger partial charge is 0.348 e. The van der Waals surface area contributed by atoms with Crippen LogP contribution < -0.4 is 4.90 Å². The second-order valence-electron chi connectivity index (χ2n) is 5.76. The summed E-state index contributed by atoms with van der Waals surface area (Å²) in [6, 6.07) is 4.35. The summed E-state index contributed by atoms with van der Waals surface area (Å²) in [5.74, 6) is 0.342. The van der Waals surface area contributed by atoms with Gasteiger partial charge in [-0.3, -0.25) is 4.79 Å². The topological polar surface area (TPSA) is 36.4 Å². The Kier molecular flexibility index (Phi) is 3.17. The first-order valence-electron chi connectivity index (χ1n) is 6.79. The Morgan fingerprint density at radius 3 is 2.70 bits per heavy atom. The van der Waals surface area contributed by atoms with Crippen LogP contribution in [0.15, 0.2) is 12.1 Å². The molecule has 0 radical (unpaired) electrons. The molecule has 0 saturated carbocycles. The second-order valence-corrected chi connectivity index (χ2v) is 6.77. The van der Waals surface area contributed by atoms with Crippen molar-refractivity contribution >= 4 is 32.6 Å². The summed E-state index contributed by atoms with van der Waals surface area (Å²) in [5.41, 5.74) is 3.59. The van der Waals surface area contributed by atoms with Crippen LogP contribution in [0.4, 0.5) is 5.13 Å². The zero-order chi connectivity index (χ0) is 14.4. The molecule has 0 unspecified atom stereocenters. The predicted molar refractivity (Wildman–Crippen MR) is 83.5 cm³/mol. The number of anilines is 1. The minimum Gasteiger partial charge on any atom is -0.348 e. The third-order valence-corrected chi connectivity index (χ3v) is 4.82. The number of hydrogen-bond acceptors (Lipinski definition) is 4. The molecule has 2 aromatic rings.